The van der Waals surface area contributed by atoms with E-state index in [1.54, 1.807) is 0 Å². The van der Waals surface area contributed by atoms with Gasteiger partial charge in [0, 0.05) is 6.07 Å². The zero-order valence-electron chi connectivity index (χ0n) is 8.90. The number of alkyl halides is 3. The number of hydrogen-bond acceptors (Lipinski definition) is 4. The van der Waals surface area contributed by atoms with Crippen LogP contribution in [0.1, 0.15) is 10.4 Å². The molecule has 0 saturated heterocycles. The highest BCUT2D eigenvalue weighted by molar-refractivity contribution is 5.96. The van der Waals surface area contributed by atoms with Crippen LogP contribution in [0.4, 0.5) is 13.2 Å². The predicted molar refractivity (Wildman–Crippen MR) is 54.2 cm³/mol. The van der Waals surface area contributed by atoms with Crippen molar-refractivity contribution >= 4 is 5.91 Å². The summed E-state index contributed by atoms with van der Waals surface area (Å²) < 4.78 is 35.9. The minimum absolute atomic E-state index is 0.292. The third-order valence-corrected chi connectivity index (χ3v) is 2.06. The number of carbonyl (C=O) groups excluding carboxylic acids is 1. The minimum Gasteiger partial charge on any atom is -0.508 e. The number of aliphatic hydroxyl groups is 1. The van der Waals surface area contributed by atoms with E-state index in [0.29, 0.717) is 0 Å². The molecule has 0 aliphatic heterocycles. The number of aromatic hydroxyl groups is 2. The normalized spacial score (nSPS) is 13.1. The van der Waals surface area contributed by atoms with E-state index in [4.69, 9.17) is 10.2 Å². The van der Waals surface area contributed by atoms with Crippen molar-refractivity contribution in [1.82, 2.24) is 5.32 Å². The van der Waals surface area contributed by atoms with Gasteiger partial charge in [0.05, 0.1) is 12.1 Å². The Kier molecular flexibility index (Phi) is 4.02. The molecular formula is C10H10F3NO4. The highest BCUT2D eigenvalue weighted by Gasteiger charge is 2.38. The quantitative estimate of drug-likeness (QED) is 0.649. The first-order valence-corrected chi connectivity index (χ1v) is 4.76. The van der Waals surface area contributed by atoms with Gasteiger partial charge in [0.1, 0.15) is 11.5 Å². The van der Waals surface area contributed by atoms with Crippen LogP contribution in [0.2, 0.25) is 0 Å². The van der Waals surface area contributed by atoms with Crippen molar-refractivity contribution < 1.29 is 33.3 Å². The average Bonchev–Trinajstić information content (AvgIpc) is 2.24. The summed E-state index contributed by atoms with van der Waals surface area (Å²) in [5.74, 6) is -1.86. The van der Waals surface area contributed by atoms with Crippen molar-refractivity contribution in [2.45, 2.75) is 12.3 Å². The summed E-state index contributed by atoms with van der Waals surface area (Å²) in [4.78, 5) is 11.4. The van der Waals surface area contributed by atoms with E-state index in [2.05, 4.69) is 0 Å². The topological polar surface area (TPSA) is 89.8 Å². The number of amides is 1. The highest BCUT2D eigenvalue weighted by atomic mass is 19.4. The highest BCUT2D eigenvalue weighted by Crippen LogP contribution is 2.23. The molecule has 0 bridgehead atoms. The molecule has 1 unspecified atom stereocenters. The molecule has 1 rings (SSSR count). The molecule has 0 aliphatic carbocycles. The third kappa shape index (κ3) is 3.52. The number of hydrogen-bond donors (Lipinski definition) is 4. The Morgan fingerprint density at radius 1 is 1.33 bits per heavy atom. The maximum absolute atomic E-state index is 12.0. The fourth-order valence-electron chi connectivity index (χ4n) is 1.11. The summed E-state index contributed by atoms with van der Waals surface area (Å²) in [5.41, 5.74) is -0.304. The summed E-state index contributed by atoms with van der Waals surface area (Å²) >= 11 is 0. The molecule has 0 saturated carbocycles. The fourth-order valence-corrected chi connectivity index (χ4v) is 1.11. The molecule has 0 aliphatic rings. The van der Waals surface area contributed by atoms with Crippen molar-refractivity contribution in [3.05, 3.63) is 23.8 Å². The number of rotatable bonds is 3. The Bertz CT molecular complexity index is 447. The number of aliphatic hydroxyl groups excluding tert-OH is 1. The Morgan fingerprint density at radius 3 is 2.44 bits per heavy atom. The maximum atomic E-state index is 12.0. The second kappa shape index (κ2) is 5.13. The van der Waals surface area contributed by atoms with E-state index in [9.17, 15) is 23.1 Å². The molecule has 1 atom stereocenters. The van der Waals surface area contributed by atoms with Gasteiger partial charge in [-0.3, -0.25) is 4.79 Å². The molecule has 0 aromatic heterocycles. The Labute approximate surface area is 99.5 Å². The molecule has 0 heterocycles. The van der Waals surface area contributed by atoms with Gasteiger partial charge in [0.25, 0.3) is 5.91 Å². The smallest absolute Gasteiger partial charge is 0.416 e. The molecule has 1 aromatic rings. The zero-order valence-corrected chi connectivity index (χ0v) is 8.90. The molecule has 1 amide bonds. The lowest BCUT2D eigenvalue weighted by atomic mass is 10.1. The van der Waals surface area contributed by atoms with Crippen LogP contribution in [0.3, 0.4) is 0 Å². The van der Waals surface area contributed by atoms with E-state index < -0.39 is 30.5 Å². The van der Waals surface area contributed by atoms with Crippen LogP contribution in [0.5, 0.6) is 11.5 Å². The van der Waals surface area contributed by atoms with Crippen LogP contribution >= 0.6 is 0 Å². The molecule has 0 fully saturated rings. The van der Waals surface area contributed by atoms with E-state index in [0.717, 1.165) is 18.2 Å². The monoisotopic (exact) mass is 265 g/mol. The van der Waals surface area contributed by atoms with E-state index in [1.807, 2.05) is 5.32 Å². The van der Waals surface area contributed by atoms with Gasteiger partial charge in [-0.1, -0.05) is 0 Å². The number of halogens is 3. The van der Waals surface area contributed by atoms with Crippen LogP contribution < -0.4 is 5.32 Å². The molecule has 18 heavy (non-hydrogen) atoms. The molecule has 4 N–H and O–H groups in total. The molecule has 0 radical (unpaired) electrons. The van der Waals surface area contributed by atoms with Crippen LogP contribution in [0, 0.1) is 0 Å². The van der Waals surface area contributed by atoms with Crippen molar-refractivity contribution in [2.24, 2.45) is 0 Å². The first kappa shape index (κ1) is 14.1. The number of nitrogens with one attached hydrogen (secondary N) is 1. The number of benzene rings is 1. The summed E-state index contributed by atoms with van der Waals surface area (Å²) in [7, 11) is 0. The predicted octanol–water partition coefficient (Wildman–Crippen LogP) is 0.751. The van der Waals surface area contributed by atoms with Gasteiger partial charge >= 0.3 is 6.18 Å². The largest absolute Gasteiger partial charge is 0.508 e. The fraction of sp³-hybridized carbons (Fsp3) is 0.300. The van der Waals surface area contributed by atoms with E-state index >= 15 is 0 Å². The minimum atomic E-state index is -4.83. The summed E-state index contributed by atoms with van der Waals surface area (Å²) in [6, 6.07) is 3.00. The van der Waals surface area contributed by atoms with Gasteiger partial charge in [0.15, 0.2) is 6.10 Å². The zero-order chi connectivity index (χ0) is 13.9. The van der Waals surface area contributed by atoms with E-state index in [1.165, 1.54) is 0 Å². The lowest BCUT2D eigenvalue weighted by Crippen LogP contribution is -2.40. The SMILES string of the molecule is O=C(NCC(O)C(F)(F)F)c1ccc(O)cc1O. The average molecular weight is 265 g/mol. The van der Waals surface area contributed by atoms with Crippen LogP contribution in [0.25, 0.3) is 0 Å². The van der Waals surface area contributed by atoms with E-state index in [-0.39, 0.29) is 11.3 Å². The molecule has 0 spiro atoms. The Balaban J connectivity index is 2.66. The second-order valence-corrected chi connectivity index (χ2v) is 3.47. The van der Waals surface area contributed by atoms with Gasteiger partial charge < -0.3 is 20.6 Å². The number of carbonyl (C=O) groups is 1. The Hall–Kier alpha value is -1.96. The molecular weight excluding hydrogens is 255 g/mol. The van der Waals surface area contributed by atoms with Crippen LogP contribution in [0.15, 0.2) is 18.2 Å². The van der Waals surface area contributed by atoms with Gasteiger partial charge in [-0.05, 0) is 12.1 Å². The van der Waals surface area contributed by atoms with Crippen LogP contribution in [-0.2, 0) is 0 Å². The number of phenols is 2. The second-order valence-electron chi connectivity index (χ2n) is 3.47. The van der Waals surface area contributed by atoms with Crippen LogP contribution in [-0.4, -0.2) is 40.1 Å². The Morgan fingerprint density at radius 2 is 1.94 bits per heavy atom. The van der Waals surface area contributed by atoms with Gasteiger partial charge in [-0.2, -0.15) is 13.2 Å². The van der Waals surface area contributed by atoms with Crippen molar-refractivity contribution in [3.8, 4) is 11.5 Å². The molecule has 5 nitrogen and oxygen atoms in total. The molecule has 1 aromatic carbocycles. The van der Waals surface area contributed by atoms with Gasteiger partial charge in [-0.25, -0.2) is 0 Å². The van der Waals surface area contributed by atoms with Gasteiger partial charge in [-0.15, -0.1) is 0 Å². The van der Waals surface area contributed by atoms with Crippen molar-refractivity contribution in [2.75, 3.05) is 6.54 Å². The standard InChI is InChI=1S/C10H10F3NO4/c11-10(12,13)8(17)4-14-9(18)6-2-1-5(15)3-7(6)16/h1-3,8,15-17H,4H2,(H,14,18). The lowest BCUT2D eigenvalue weighted by Gasteiger charge is -2.15. The first-order valence-electron chi connectivity index (χ1n) is 4.76. The van der Waals surface area contributed by atoms with Gasteiger partial charge in [0.2, 0.25) is 0 Å². The summed E-state index contributed by atoms with van der Waals surface area (Å²) in [6.45, 7) is -1.03. The maximum Gasteiger partial charge on any atom is 0.416 e. The lowest BCUT2D eigenvalue weighted by molar-refractivity contribution is -0.201. The first-order chi connectivity index (χ1) is 8.21. The summed E-state index contributed by atoms with van der Waals surface area (Å²) in [5, 5.41) is 28.7. The number of phenolic OH excluding ortho intramolecular Hbond substituents is 2. The van der Waals surface area contributed by atoms with Crippen molar-refractivity contribution in [1.29, 1.82) is 0 Å². The third-order valence-electron chi connectivity index (χ3n) is 2.06. The summed E-state index contributed by atoms with van der Waals surface area (Å²) in [6.07, 6.45) is -7.51. The molecule has 8 heteroatoms. The van der Waals surface area contributed by atoms with Crippen molar-refractivity contribution in [3.63, 3.8) is 0 Å². The molecule has 100 valence electrons.